The van der Waals surface area contributed by atoms with Gasteiger partial charge in [0.1, 0.15) is 5.75 Å². The molecular weight excluding hydrogens is 357 g/mol. The van der Waals surface area contributed by atoms with Crippen LogP contribution in [-0.4, -0.2) is 37.0 Å². The van der Waals surface area contributed by atoms with E-state index in [-0.39, 0.29) is 23.5 Å². The van der Waals surface area contributed by atoms with Crippen LogP contribution in [0.1, 0.15) is 17.0 Å². The normalized spacial score (nSPS) is 19.9. The van der Waals surface area contributed by atoms with Crippen LogP contribution in [0, 0.1) is 5.92 Å². The van der Waals surface area contributed by atoms with Crippen molar-refractivity contribution in [2.75, 3.05) is 26.2 Å². The van der Waals surface area contributed by atoms with Gasteiger partial charge in [-0.15, -0.1) is 0 Å². The summed E-state index contributed by atoms with van der Waals surface area (Å²) in [4.78, 5) is 14.1. The molecule has 0 aromatic heterocycles. The second kappa shape index (κ2) is 8.00. The number of likely N-dealkylation sites (tertiary alicyclic amines) is 1. The maximum absolute atomic E-state index is 13.0. The number of nitrogens with two attached hydrogens (primary N) is 1. The molecule has 0 aliphatic carbocycles. The summed E-state index contributed by atoms with van der Waals surface area (Å²) >= 11 is 0. The Balaban J connectivity index is 1.66. The number of alkyl halides is 3. The van der Waals surface area contributed by atoms with E-state index in [1.165, 1.54) is 18.2 Å². The number of halogens is 3. The Morgan fingerprint density at radius 3 is 2.41 bits per heavy atom. The first-order valence-corrected chi connectivity index (χ1v) is 8.72. The van der Waals surface area contributed by atoms with Gasteiger partial charge in [-0.2, -0.15) is 13.2 Å². The van der Waals surface area contributed by atoms with Crippen LogP contribution in [-0.2, 0) is 11.0 Å². The van der Waals surface area contributed by atoms with Crippen molar-refractivity contribution >= 4 is 5.91 Å². The van der Waals surface area contributed by atoms with Gasteiger partial charge in [0.15, 0.2) is 6.61 Å². The number of carbonyl (C=O) groups excluding carboxylic acids is 1. The number of hydrogen-bond acceptors (Lipinski definition) is 3. The molecule has 2 N–H and O–H groups in total. The summed E-state index contributed by atoms with van der Waals surface area (Å²) in [6.45, 7) is 0.946. The van der Waals surface area contributed by atoms with Crippen LogP contribution in [0.3, 0.4) is 0 Å². The zero-order chi connectivity index (χ0) is 19.4. The van der Waals surface area contributed by atoms with Crippen LogP contribution in [0.2, 0.25) is 0 Å². The smallest absolute Gasteiger partial charge is 0.419 e. The van der Waals surface area contributed by atoms with Crippen molar-refractivity contribution in [3.8, 4) is 5.75 Å². The third-order valence-electron chi connectivity index (χ3n) is 4.87. The van der Waals surface area contributed by atoms with Crippen LogP contribution < -0.4 is 10.5 Å². The molecule has 4 nitrogen and oxygen atoms in total. The van der Waals surface area contributed by atoms with Gasteiger partial charge < -0.3 is 15.4 Å². The first-order valence-electron chi connectivity index (χ1n) is 8.72. The maximum atomic E-state index is 13.0. The van der Waals surface area contributed by atoms with E-state index in [1.807, 2.05) is 30.3 Å². The molecule has 1 aliphatic rings. The molecule has 1 fully saturated rings. The zero-order valence-electron chi connectivity index (χ0n) is 14.7. The Labute approximate surface area is 155 Å². The van der Waals surface area contributed by atoms with Gasteiger partial charge in [0.25, 0.3) is 5.91 Å². The van der Waals surface area contributed by atoms with Crippen LogP contribution in [0.5, 0.6) is 5.75 Å². The van der Waals surface area contributed by atoms with Crippen molar-refractivity contribution < 1.29 is 22.7 Å². The number of para-hydroxylation sites is 1. The van der Waals surface area contributed by atoms with E-state index >= 15 is 0 Å². The third kappa shape index (κ3) is 4.42. The van der Waals surface area contributed by atoms with E-state index in [0.29, 0.717) is 19.6 Å². The number of benzene rings is 2. The predicted octanol–water partition coefficient (Wildman–Crippen LogP) is 3.29. The van der Waals surface area contributed by atoms with Crippen molar-refractivity contribution in [1.29, 1.82) is 0 Å². The van der Waals surface area contributed by atoms with Crippen molar-refractivity contribution in [2.24, 2.45) is 11.7 Å². The molecule has 0 radical (unpaired) electrons. The first kappa shape index (κ1) is 19.2. The van der Waals surface area contributed by atoms with Gasteiger partial charge in [-0.1, -0.05) is 42.5 Å². The molecule has 1 aliphatic heterocycles. The molecule has 1 heterocycles. The largest absolute Gasteiger partial charge is 0.483 e. The quantitative estimate of drug-likeness (QED) is 0.869. The Bertz CT molecular complexity index is 780. The highest BCUT2D eigenvalue weighted by molar-refractivity contribution is 5.78. The molecule has 3 rings (SSSR count). The van der Waals surface area contributed by atoms with Gasteiger partial charge in [-0.05, 0) is 30.2 Å². The topological polar surface area (TPSA) is 55.6 Å². The van der Waals surface area contributed by atoms with E-state index in [0.717, 1.165) is 11.6 Å². The van der Waals surface area contributed by atoms with Gasteiger partial charge in [-0.3, -0.25) is 4.79 Å². The minimum atomic E-state index is -4.53. The minimum Gasteiger partial charge on any atom is -0.483 e. The molecular formula is C20H21F3N2O2. The summed E-state index contributed by atoms with van der Waals surface area (Å²) in [6.07, 6.45) is -4.53. The average Bonchev–Trinajstić information content (AvgIpc) is 3.11. The average molecular weight is 378 g/mol. The summed E-state index contributed by atoms with van der Waals surface area (Å²) in [5, 5.41) is 0. The standard InChI is InChI=1S/C20H21F3N2O2/c21-20(22,23)17-8-4-5-9-18(17)27-13-19(26)25-11-15(10-24)16(12-25)14-6-2-1-3-7-14/h1-9,15-16H,10-13,24H2/t15-,16+/m1/s1. The maximum Gasteiger partial charge on any atom is 0.419 e. The van der Waals surface area contributed by atoms with Crippen LogP contribution >= 0.6 is 0 Å². The van der Waals surface area contributed by atoms with Crippen molar-refractivity contribution in [3.05, 3.63) is 65.7 Å². The Kier molecular flexibility index (Phi) is 5.70. The van der Waals surface area contributed by atoms with Crippen LogP contribution in [0.25, 0.3) is 0 Å². The number of carbonyl (C=O) groups is 1. The molecule has 2 aromatic rings. The molecule has 0 saturated carbocycles. The molecule has 144 valence electrons. The monoisotopic (exact) mass is 378 g/mol. The fraction of sp³-hybridized carbons (Fsp3) is 0.350. The second-order valence-electron chi connectivity index (χ2n) is 6.59. The molecule has 27 heavy (non-hydrogen) atoms. The van der Waals surface area contributed by atoms with E-state index in [1.54, 1.807) is 4.90 Å². The van der Waals surface area contributed by atoms with Crippen molar-refractivity contribution in [1.82, 2.24) is 4.90 Å². The van der Waals surface area contributed by atoms with Crippen LogP contribution in [0.4, 0.5) is 13.2 Å². The Morgan fingerprint density at radius 2 is 1.74 bits per heavy atom. The Morgan fingerprint density at radius 1 is 1.07 bits per heavy atom. The zero-order valence-corrected chi connectivity index (χ0v) is 14.7. The number of amides is 1. The van der Waals surface area contributed by atoms with Crippen molar-refractivity contribution in [3.63, 3.8) is 0 Å². The lowest BCUT2D eigenvalue weighted by molar-refractivity contribution is -0.140. The predicted molar refractivity (Wildman–Crippen MR) is 95.2 cm³/mol. The Hall–Kier alpha value is -2.54. The van der Waals surface area contributed by atoms with E-state index in [9.17, 15) is 18.0 Å². The first-order chi connectivity index (χ1) is 12.9. The number of hydrogen-bond donors (Lipinski definition) is 1. The number of ether oxygens (including phenoxy) is 1. The molecule has 1 amide bonds. The highest BCUT2D eigenvalue weighted by Crippen LogP contribution is 2.36. The van der Waals surface area contributed by atoms with E-state index in [2.05, 4.69) is 0 Å². The van der Waals surface area contributed by atoms with Gasteiger partial charge in [-0.25, -0.2) is 0 Å². The van der Waals surface area contributed by atoms with Gasteiger partial charge in [0.05, 0.1) is 5.56 Å². The lowest BCUT2D eigenvalue weighted by Gasteiger charge is -2.18. The molecule has 0 bridgehead atoms. The summed E-state index contributed by atoms with van der Waals surface area (Å²) in [5.41, 5.74) is 6.08. The molecule has 1 saturated heterocycles. The second-order valence-corrected chi connectivity index (χ2v) is 6.59. The molecule has 0 unspecified atom stereocenters. The van der Waals surface area contributed by atoms with Gasteiger partial charge in [0.2, 0.25) is 0 Å². The van der Waals surface area contributed by atoms with Gasteiger partial charge in [0, 0.05) is 19.0 Å². The molecule has 0 spiro atoms. The summed E-state index contributed by atoms with van der Waals surface area (Å²) in [5.74, 6) is -0.460. The lowest BCUT2D eigenvalue weighted by atomic mass is 9.89. The third-order valence-corrected chi connectivity index (χ3v) is 4.87. The molecule has 7 heteroatoms. The summed E-state index contributed by atoms with van der Waals surface area (Å²) < 4.78 is 44.3. The lowest BCUT2D eigenvalue weighted by Crippen LogP contribution is -2.34. The minimum absolute atomic E-state index is 0.110. The fourth-order valence-electron chi connectivity index (χ4n) is 3.45. The number of nitrogens with zero attached hydrogens (tertiary/aromatic N) is 1. The fourth-order valence-corrected chi connectivity index (χ4v) is 3.45. The summed E-state index contributed by atoms with van der Waals surface area (Å²) in [6, 6.07) is 14.7. The van der Waals surface area contributed by atoms with Crippen molar-refractivity contribution in [2.45, 2.75) is 12.1 Å². The van der Waals surface area contributed by atoms with E-state index < -0.39 is 18.3 Å². The summed E-state index contributed by atoms with van der Waals surface area (Å²) in [7, 11) is 0. The highest BCUT2D eigenvalue weighted by Gasteiger charge is 2.36. The SMILES string of the molecule is NC[C@@H]1CN(C(=O)COc2ccccc2C(F)(F)F)C[C@H]1c1ccccc1. The van der Waals surface area contributed by atoms with Gasteiger partial charge >= 0.3 is 6.18 Å². The molecule has 2 atom stereocenters. The highest BCUT2D eigenvalue weighted by atomic mass is 19.4. The number of rotatable bonds is 5. The van der Waals surface area contributed by atoms with Crippen LogP contribution in [0.15, 0.2) is 54.6 Å². The van der Waals surface area contributed by atoms with E-state index in [4.69, 9.17) is 10.5 Å². The molecule has 2 aromatic carbocycles.